The fourth-order valence-electron chi connectivity index (χ4n) is 1.66. The normalized spacial score (nSPS) is 18.7. The van der Waals surface area contributed by atoms with Crippen LogP contribution in [0, 0.1) is 0 Å². The second-order valence-corrected chi connectivity index (χ2v) is 4.75. The predicted molar refractivity (Wildman–Crippen MR) is 78.2 cm³/mol. The molecule has 1 saturated heterocycles. The topological polar surface area (TPSA) is 52.7 Å². The third kappa shape index (κ3) is 3.75. The van der Waals surface area contributed by atoms with E-state index in [0.29, 0.717) is 0 Å². The van der Waals surface area contributed by atoms with Crippen LogP contribution in [0.1, 0.15) is 6.92 Å². The Labute approximate surface area is 118 Å². The summed E-state index contributed by atoms with van der Waals surface area (Å²) < 4.78 is 0. The van der Waals surface area contributed by atoms with E-state index in [1.807, 2.05) is 32.1 Å². The maximum absolute atomic E-state index is 12.2. The lowest BCUT2D eigenvalue weighted by Gasteiger charge is -2.27. The highest BCUT2D eigenvalue weighted by atomic mass is 32.1. The zero-order chi connectivity index (χ0) is 14.6. The lowest BCUT2D eigenvalue weighted by atomic mass is 10.1. The predicted octanol–water partition coefficient (Wildman–Crippen LogP) is 0.808. The lowest BCUT2D eigenvalue weighted by Crippen LogP contribution is -2.53. The highest BCUT2D eigenvalue weighted by molar-refractivity contribution is 7.80. The molecule has 1 N–H and O–H groups in total. The number of carbonyl (C=O) groups excluding carboxylic acids is 2. The Morgan fingerprint density at radius 3 is 2.63 bits per heavy atom. The number of allylic oxidation sites excluding steroid dienone is 2. The van der Waals surface area contributed by atoms with Crippen LogP contribution in [0.15, 0.2) is 36.1 Å². The van der Waals surface area contributed by atoms with E-state index in [9.17, 15) is 9.59 Å². The Hall–Kier alpha value is -1.95. The van der Waals surface area contributed by atoms with Gasteiger partial charge in [-0.3, -0.25) is 19.8 Å². The van der Waals surface area contributed by atoms with Crippen LogP contribution >= 0.6 is 12.2 Å². The molecule has 0 aromatic carbocycles. The molecule has 5 nitrogen and oxygen atoms in total. The van der Waals surface area contributed by atoms with Gasteiger partial charge in [-0.25, -0.2) is 0 Å². The molecule has 102 valence electrons. The van der Waals surface area contributed by atoms with Crippen molar-refractivity contribution in [3.8, 4) is 0 Å². The average Bonchev–Trinajstić information content (AvgIpc) is 2.29. The van der Waals surface area contributed by atoms with Gasteiger partial charge in [-0.15, -0.1) is 6.58 Å². The standard InChI is InChI=1S/C13H17N3O2S/c1-5-6-16-12(18)10(11(17)14-13(16)19)7-9(2)8-15(3)4/h5,7-8H,1,6H2,2-4H3,(H,14,17,19)/b9-8+,10-7+. The van der Waals surface area contributed by atoms with Gasteiger partial charge in [-0.1, -0.05) is 6.08 Å². The number of thiocarbonyl (C=S) groups is 1. The van der Waals surface area contributed by atoms with Gasteiger partial charge < -0.3 is 4.90 Å². The van der Waals surface area contributed by atoms with Gasteiger partial charge in [0.15, 0.2) is 5.11 Å². The monoisotopic (exact) mass is 279 g/mol. The Kier molecular flexibility index (Phi) is 5.00. The molecule has 6 heteroatoms. The van der Waals surface area contributed by atoms with E-state index in [-0.39, 0.29) is 17.2 Å². The highest BCUT2D eigenvalue weighted by Gasteiger charge is 2.32. The van der Waals surface area contributed by atoms with Gasteiger partial charge in [-0.05, 0) is 30.8 Å². The Morgan fingerprint density at radius 1 is 1.47 bits per heavy atom. The van der Waals surface area contributed by atoms with Crippen LogP contribution < -0.4 is 5.32 Å². The van der Waals surface area contributed by atoms with Crippen molar-refractivity contribution in [1.29, 1.82) is 0 Å². The maximum Gasteiger partial charge on any atom is 0.265 e. The van der Waals surface area contributed by atoms with E-state index in [0.717, 1.165) is 5.57 Å². The molecule has 0 aromatic rings. The van der Waals surface area contributed by atoms with E-state index in [1.54, 1.807) is 12.2 Å². The third-order valence-electron chi connectivity index (χ3n) is 2.33. The lowest BCUT2D eigenvalue weighted by molar-refractivity contribution is -0.128. The molecule has 0 unspecified atom stereocenters. The van der Waals surface area contributed by atoms with Crippen LogP contribution in [0.2, 0.25) is 0 Å². The fraction of sp³-hybridized carbons (Fsp3) is 0.308. The fourth-order valence-corrected chi connectivity index (χ4v) is 1.91. The van der Waals surface area contributed by atoms with Gasteiger partial charge in [0.1, 0.15) is 5.57 Å². The first-order valence-electron chi connectivity index (χ1n) is 5.71. The molecular formula is C13H17N3O2S. The molecule has 1 heterocycles. The second-order valence-electron chi connectivity index (χ2n) is 4.36. The molecule has 0 bridgehead atoms. The summed E-state index contributed by atoms with van der Waals surface area (Å²) in [5.74, 6) is -0.873. The first-order valence-corrected chi connectivity index (χ1v) is 6.12. The van der Waals surface area contributed by atoms with Crippen molar-refractivity contribution >= 4 is 29.1 Å². The molecule has 0 radical (unpaired) electrons. The molecule has 0 saturated carbocycles. The Bertz CT molecular complexity index is 492. The highest BCUT2D eigenvalue weighted by Crippen LogP contribution is 2.12. The van der Waals surface area contributed by atoms with Crippen molar-refractivity contribution in [2.75, 3.05) is 20.6 Å². The number of carbonyl (C=O) groups is 2. The van der Waals surface area contributed by atoms with Crippen LogP contribution in [0.4, 0.5) is 0 Å². The van der Waals surface area contributed by atoms with Crippen molar-refractivity contribution < 1.29 is 9.59 Å². The largest absolute Gasteiger partial charge is 0.383 e. The zero-order valence-corrected chi connectivity index (χ0v) is 12.1. The summed E-state index contributed by atoms with van der Waals surface area (Å²) in [6.07, 6.45) is 4.93. The Balaban J connectivity index is 3.08. The SMILES string of the molecule is C=CCN1C(=O)/C(=C/C(C)=C/N(C)C)C(=O)NC1=S. The summed E-state index contributed by atoms with van der Waals surface area (Å²) in [6, 6.07) is 0. The number of nitrogens with one attached hydrogen (secondary N) is 1. The third-order valence-corrected chi connectivity index (χ3v) is 2.65. The number of rotatable bonds is 4. The minimum atomic E-state index is -0.471. The summed E-state index contributed by atoms with van der Waals surface area (Å²) in [4.78, 5) is 27.1. The average molecular weight is 279 g/mol. The molecule has 1 rings (SSSR count). The molecular weight excluding hydrogens is 262 g/mol. The molecule has 19 heavy (non-hydrogen) atoms. The van der Waals surface area contributed by atoms with Crippen LogP contribution in [-0.2, 0) is 9.59 Å². The summed E-state index contributed by atoms with van der Waals surface area (Å²) in [6.45, 7) is 5.65. The molecule has 0 atom stereocenters. The van der Waals surface area contributed by atoms with E-state index in [1.165, 1.54) is 4.90 Å². The van der Waals surface area contributed by atoms with Crippen LogP contribution in [-0.4, -0.2) is 47.4 Å². The summed E-state index contributed by atoms with van der Waals surface area (Å²) in [7, 11) is 3.73. The zero-order valence-electron chi connectivity index (χ0n) is 11.3. The number of nitrogens with zero attached hydrogens (tertiary/aromatic N) is 2. The Morgan fingerprint density at radius 2 is 2.11 bits per heavy atom. The van der Waals surface area contributed by atoms with E-state index in [2.05, 4.69) is 11.9 Å². The van der Waals surface area contributed by atoms with Crippen molar-refractivity contribution in [2.45, 2.75) is 6.92 Å². The van der Waals surface area contributed by atoms with Gasteiger partial charge in [-0.2, -0.15) is 0 Å². The quantitative estimate of drug-likeness (QED) is 0.358. The summed E-state index contributed by atoms with van der Waals surface area (Å²) in [5, 5.41) is 2.61. The van der Waals surface area contributed by atoms with Gasteiger partial charge >= 0.3 is 0 Å². The molecule has 1 aliphatic heterocycles. The van der Waals surface area contributed by atoms with Gasteiger partial charge in [0.2, 0.25) is 0 Å². The molecule has 2 amide bonds. The summed E-state index contributed by atoms with van der Waals surface area (Å²) >= 11 is 4.96. The van der Waals surface area contributed by atoms with Crippen molar-refractivity contribution in [1.82, 2.24) is 15.1 Å². The van der Waals surface area contributed by atoms with Crippen LogP contribution in [0.25, 0.3) is 0 Å². The number of hydrogen-bond acceptors (Lipinski definition) is 4. The first kappa shape index (κ1) is 15.1. The minimum absolute atomic E-state index is 0.0750. The van der Waals surface area contributed by atoms with Gasteiger partial charge in [0.05, 0.1) is 0 Å². The van der Waals surface area contributed by atoms with Crippen molar-refractivity contribution in [2.24, 2.45) is 0 Å². The maximum atomic E-state index is 12.2. The smallest absolute Gasteiger partial charge is 0.265 e. The molecule has 0 aliphatic carbocycles. The van der Waals surface area contributed by atoms with Gasteiger partial charge in [0, 0.05) is 26.8 Å². The molecule has 0 spiro atoms. The van der Waals surface area contributed by atoms with E-state index < -0.39 is 11.8 Å². The number of hydrogen-bond donors (Lipinski definition) is 1. The molecule has 1 aliphatic rings. The molecule has 1 fully saturated rings. The van der Waals surface area contributed by atoms with Crippen LogP contribution in [0.5, 0.6) is 0 Å². The number of amides is 2. The first-order chi connectivity index (χ1) is 8.86. The molecule has 0 aromatic heterocycles. The van der Waals surface area contributed by atoms with Crippen LogP contribution in [0.3, 0.4) is 0 Å². The van der Waals surface area contributed by atoms with Crippen molar-refractivity contribution in [3.63, 3.8) is 0 Å². The minimum Gasteiger partial charge on any atom is -0.383 e. The van der Waals surface area contributed by atoms with E-state index >= 15 is 0 Å². The van der Waals surface area contributed by atoms with Crippen molar-refractivity contribution in [3.05, 3.63) is 36.1 Å². The summed E-state index contributed by atoms with van der Waals surface area (Å²) in [5.41, 5.74) is 0.876. The van der Waals surface area contributed by atoms with Gasteiger partial charge in [0.25, 0.3) is 11.8 Å². The van der Waals surface area contributed by atoms with E-state index in [4.69, 9.17) is 12.2 Å². The second kappa shape index (κ2) is 6.29.